The minimum absolute atomic E-state index is 0.252. The molecule has 0 spiro atoms. The fourth-order valence-corrected chi connectivity index (χ4v) is 1.92. The SMILES string of the molecule is CC[C@H]1CN(C(=O)CCSC)CCO1. The molecule has 4 heteroatoms. The molecule has 1 atom stereocenters. The molecular weight excluding hydrogens is 198 g/mol. The van der Waals surface area contributed by atoms with Crippen LogP contribution >= 0.6 is 11.8 Å². The third-order valence-electron chi connectivity index (χ3n) is 2.47. The predicted molar refractivity (Wildman–Crippen MR) is 59.6 cm³/mol. The molecule has 1 heterocycles. The molecule has 0 aromatic heterocycles. The molecule has 1 aliphatic heterocycles. The lowest BCUT2D eigenvalue weighted by atomic mass is 10.2. The highest BCUT2D eigenvalue weighted by molar-refractivity contribution is 7.98. The van der Waals surface area contributed by atoms with Gasteiger partial charge in [0, 0.05) is 25.3 Å². The van der Waals surface area contributed by atoms with Crippen molar-refractivity contribution in [3.63, 3.8) is 0 Å². The largest absolute Gasteiger partial charge is 0.375 e. The second kappa shape index (κ2) is 6.30. The van der Waals surface area contributed by atoms with E-state index in [1.165, 1.54) is 0 Å². The molecule has 82 valence electrons. The van der Waals surface area contributed by atoms with E-state index in [0.29, 0.717) is 13.0 Å². The highest BCUT2D eigenvalue weighted by Crippen LogP contribution is 2.10. The Morgan fingerprint density at radius 3 is 3.07 bits per heavy atom. The molecule has 3 nitrogen and oxygen atoms in total. The molecule has 0 bridgehead atoms. The number of hydrogen-bond acceptors (Lipinski definition) is 3. The smallest absolute Gasteiger partial charge is 0.223 e. The number of morpholine rings is 1. The second-order valence-corrected chi connectivity index (χ2v) is 4.47. The van der Waals surface area contributed by atoms with Crippen molar-refractivity contribution in [2.45, 2.75) is 25.9 Å². The predicted octanol–water partition coefficient (Wildman–Crippen LogP) is 1.38. The third-order valence-corrected chi connectivity index (χ3v) is 3.08. The Balaban J connectivity index is 2.31. The highest BCUT2D eigenvalue weighted by atomic mass is 32.2. The van der Waals surface area contributed by atoms with Gasteiger partial charge in [-0.25, -0.2) is 0 Å². The van der Waals surface area contributed by atoms with Gasteiger partial charge < -0.3 is 9.64 Å². The first-order valence-corrected chi connectivity index (χ1v) is 6.55. The van der Waals surface area contributed by atoms with Crippen LogP contribution in [0.25, 0.3) is 0 Å². The average Bonchev–Trinajstić information content (AvgIpc) is 2.26. The second-order valence-electron chi connectivity index (χ2n) is 3.48. The summed E-state index contributed by atoms with van der Waals surface area (Å²) >= 11 is 1.72. The zero-order chi connectivity index (χ0) is 10.4. The van der Waals surface area contributed by atoms with Gasteiger partial charge >= 0.3 is 0 Å². The number of amides is 1. The van der Waals surface area contributed by atoms with Crippen molar-refractivity contribution in [2.24, 2.45) is 0 Å². The minimum Gasteiger partial charge on any atom is -0.375 e. The van der Waals surface area contributed by atoms with Crippen LogP contribution < -0.4 is 0 Å². The molecular formula is C10H19NO2S. The summed E-state index contributed by atoms with van der Waals surface area (Å²) in [6.45, 7) is 4.34. The van der Waals surface area contributed by atoms with Crippen molar-refractivity contribution < 1.29 is 9.53 Å². The highest BCUT2D eigenvalue weighted by Gasteiger charge is 2.22. The van der Waals surface area contributed by atoms with Crippen LogP contribution in [0.1, 0.15) is 19.8 Å². The summed E-state index contributed by atoms with van der Waals surface area (Å²) in [5, 5.41) is 0. The number of nitrogens with zero attached hydrogens (tertiary/aromatic N) is 1. The molecule has 0 radical (unpaired) electrons. The first-order valence-electron chi connectivity index (χ1n) is 5.16. The number of rotatable bonds is 4. The van der Waals surface area contributed by atoms with Crippen molar-refractivity contribution in [1.82, 2.24) is 4.90 Å². The Labute approximate surface area is 90.2 Å². The first-order chi connectivity index (χ1) is 6.77. The van der Waals surface area contributed by atoms with Crippen LogP contribution in [0.3, 0.4) is 0 Å². The maximum absolute atomic E-state index is 11.7. The van der Waals surface area contributed by atoms with Crippen LogP contribution in [-0.4, -0.2) is 48.6 Å². The molecule has 0 aromatic rings. The van der Waals surface area contributed by atoms with Gasteiger partial charge in [-0.05, 0) is 12.7 Å². The van der Waals surface area contributed by atoms with E-state index in [1.54, 1.807) is 11.8 Å². The normalized spacial score (nSPS) is 22.4. The van der Waals surface area contributed by atoms with Crippen molar-refractivity contribution in [3.05, 3.63) is 0 Å². The van der Waals surface area contributed by atoms with Gasteiger partial charge in [-0.2, -0.15) is 11.8 Å². The van der Waals surface area contributed by atoms with Gasteiger partial charge in [-0.15, -0.1) is 0 Å². The topological polar surface area (TPSA) is 29.5 Å². The molecule has 0 saturated carbocycles. The van der Waals surface area contributed by atoms with E-state index in [0.717, 1.165) is 25.3 Å². The van der Waals surface area contributed by atoms with E-state index >= 15 is 0 Å². The van der Waals surface area contributed by atoms with E-state index in [1.807, 2.05) is 11.2 Å². The Kier molecular flexibility index (Phi) is 5.33. The van der Waals surface area contributed by atoms with Crippen molar-refractivity contribution >= 4 is 17.7 Å². The molecule has 0 N–H and O–H groups in total. The molecule has 0 aliphatic carbocycles. The lowest BCUT2D eigenvalue weighted by molar-refractivity contribution is -0.138. The Morgan fingerprint density at radius 1 is 1.64 bits per heavy atom. The zero-order valence-electron chi connectivity index (χ0n) is 8.99. The quantitative estimate of drug-likeness (QED) is 0.712. The van der Waals surface area contributed by atoms with E-state index in [-0.39, 0.29) is 12.0 Å². The van der Waals surface area contributed by atoms with Crippen molar-refractivity contribution in [3.8, 4) is 0 Å². The van der Waals surface area contributed by atoms with Crippen LogP contribution in [0.15, 0.2) is 0 Å². The summed E-state index contributed by atoms with van der Waals surface area (Å²) in [5.41, 5.74) is 0. The summed E-state index contributed by atoms with van der Waals surface area (Å²) in [4.78, 5) is 13.6. The molecule has 1 aliphatic rings. The van der Waals surface area contributed by atoms with Crippen LogP contribution in [-0.2, 0) is 9.53 Å². The molecule has 1 amide bonds. The molecule has 1 saturated heterocycles. The summed E-state index contributed by atoms with van der Waals surface area (Å²) in [7, 11) is 0. The van der Waals surface area contributed by atoms with Gasteiger partial charge in [0.2, 0.25) is 5.91 Å². The minimum atomic E-state index is 0.252. The maximum atomic E-state index is 11.7. The first kappa shape index (κ1) is 11.9. The molecule has 1 fully saturated rings. The number of thioether (sulfide) groups is 1. The Hall–Kier alpha value is -0.220. The number of carbonyl (C=O) groups excluding carboxylic acids is 1. The molecule has 0 unspecified atom stereocenters. The summed E-state index contributed by atoms with van der Waals surface area (Å²) < 4.78 is 5.51. The zero-order valence-corrected chi connectivity index (χ0v) is 9.81. The summed E-state index contributed by atoms with van der Waals surface area (Å²) in [5.74, 6) is 1.20. The molecule has 0 aromatic carbocycles. The van der Waals surface area contributed by atoms with Crippen molar-refractivity contribution in [2.75, 3.05) is 31.7 Å². The lowest BCUT2D eigenvalue weighted by Crippen LogP contribution is -2.45. The number of ether oxygens (including phenoxy) is 1. The van der Waals surface area contributed by atoms with Gasteiger partial charge in [-0.1, -0.05) is 6.92 Å². The summed E-state index contributed by atoms with van der Waals surface area (Å²) in [6.07, 6.45) is 3.94. The maximum Gasteiger partial charge on any atom is 0.223 e. The fraction of sp³-hybridized carbons (Fsp3) is 0.900. The molecule has 1 rings (SSSR count). The van der Waals surface area contributed by atoms with Crippen molar-refractivity contribution in [1.29, 1.82) is 0 Å². The average molecular weight is 217 g/mol. The van der Waals surface area contributed by atoms with E-state index in [9.17, 15) is 4.79 Å². The van der Waals surface area contributed by atoms with Gasteiger partial charge in [0.1, 0.15) is 0 Å². The van der Waals surface area contributed by atoms with E-state index in [4.69, 9.17) is 4.74 Å². The molecule has 14 heavy (non-hydrogen) atoms. The fourth-order valence-electron chi connectivity index (χ4n) is 1.54. The van der Waals surface area contributed by atoms with E-state index in [2.05, 4.69) is 6.92 Å². The van der Waals surface area contributed by atoms with Gasteiger partial charge in [0.05, 0.1) is 12.7 Å². The van der Waals surface area contributed by atoms with Crippen LogP contribution in [0, 0.1) is 0 Å². The number of hydrogen-bond donors (Lipinski definition) is 0. The monoisotopic (exact) mass is 217 g/mol. The Morgan fingerprint density at radius 2 is 2.43 bits per heavy atom. The van der Waals surface area contributed by atoms with Crippen LogP contribution in [0.5, 0.6) is 0 Å². The van der Waals surface area contributed by atoms with Gasteiger partial charge in [-0.3, -0.25) is 4.79 Å². The van der Waals surface area contributed by atoms with Crippen LogP contribution in [0.4, 0.5) is 0 Å². The van der Waals surface area contributed by atoms with E-state index < -0.39 is 0 Å². The standard InChI is InChI=1S/C10H19NO2S/c1-3-9-8-11(5-6-13-9)10(12)4-7-14-2/h9H,3-8H2,1-2H3/t9-/m0/s1. The number of carbonyl (C=O) groups is 1. The van der Waals surface area contributed by atoms with Crippen LogP contribution in [0.2, 0.25) is 0 Å². The Bertz CT molecular complexity index is 187. The summed E-state index contributed by atoms with van der Waals surface area (Å²) in [6, 6.07) is 0. The van der Waals surface area contributed by atoms with Gasteiger partial charge in [0.25, 0.3) is 0 Å². The third kappa shape index (κ3) is 3.50. The lowest BCUT2D eigenvalue weighted by Gasteiger charge is -2.32. The van der Waals surface area contributed by atoms with Gasteiger partial charge in [0.15, 0.2) is 0 Å².